The van der Waals surface area contributed by atoms with Crippen LogP contribution in [0.4, 0.5) is 4.79 Å². The third-order valence-electron chi connectivity index (χ3n) is 4.83. The summed E-state index contributed by atoms with van der Waals surface area (Å²) in [5.74, 6) is 0.712. The maximum absolute atomic E-state index is 12.5. The normalized spacial score (nSPS) is 16.6. The van der Waals surface area contributed by atoms with Crippen LogP contribution in [0.3, 0.4) is 0 Å². The molecule has 2 aromatic rings. The first-order valence-electron chi connectivity index (χ1n) is 8.48. The summed E-state index contributed by atoms with van der Waals surface area (Å²) in [6.07, 6.45) is 0. The molecule has 0 bridgehead atoms. The number of nitrogens with zero attached hydrogens (tertiary/aromatic N) is 1. The minimum atomic E-state index is -0.288. The first-order valence-corrected chi connectivity index (χ1v) is 8.48. The lowest BCUT2D eigenvalue weighted by molar-refractivity contribution is -0.908. The second kappa shape index (κ2) is 7.11. The summed E-state index contributed by atoms with van der Waals surface area (Å²) in [4.78, 5) is 26.5. The van der Waals surface area contributed by atoms with Crippen LogP contribution in [-0.4, -0.2) is 50.1 Å². The predicted octanol–water partition coefficient (Wildman–Crippen LogP) is 0.803. The van der Waals surface area contributed by atoms with E-state index in [-0.39, 0.29) is 18.0 Å². The molecule has 0 saturated carbocycles. The summed E-state index contributed by atoms with van der Waals surface area (Å²) in [7, 11) is 3.64. The summed E-state index contributed by atoms with van der Waals surface area (Å²) >= 11 is 0. The number of benzene rings is 2. The van der Waals surface area contributed by atoms with Crippen LogP contribution < -0.4 is 15.0 Å². The summed E-state index contributed by atoms with van der Waals surface area (Å²) in [6.45, 7) is 3.57. The van der Waals surface area contributed by atoms with Gasteiger partial charge in [0.1, 0.15) is 12.3 Å². The Hall–Kier alpha value is -2.60. The molecule has 0 aromatic heterocycles. The number of ether oxygens (including phenoxy) is 1. The van der Waals surface area contributed by atoms with Gasteiger partial charge in [0, 0.05) is 18.7 Å². The quantitative estimate of drug-likeness (QED) is 0.845. The fourth-order valence-electron chi connectivity index (χ4n) is 3.11. The standard InChI is InChI=1S/C19H23N3O3/c1-13(18(23)22-9-8-20-19(22)24)21(2)12-14-4-5-16-11-17(25-3)7-6-15(16)10-14/h4-7,10-11,13H,8-9,12H2,1-3H3,(H,20,24)/p+1/t13-/m1/s1. The van der Waals surface area contributed by atoms with Crippen LogP contribution >= 0.6 is 0 Å². The number of carbonyl (C=O) groups excluding carboxylic acids is 2. The van der Waals surface area contributed by atoms with E-state index < -0.39 is 0 Å². The van der Waals surface area contributed by atoms with E-state index in [0.29, 0.717) is 19.6 Å². The number of amides is 3. The Labute approximate surface area is 147 Å². The van der Waals surface area contributed by atoms with Crippen LogP contribution in [0.25, 0.3) is 10.8 Å². The van der Waals surface area contributed by atoms with Gasteiger partial charge in [-0.2, -0.15) is 0 Å². The average molecular weight is 342 g/mol. The summed E-state index contributed by atoms with van der Waals surface area (Å²) < 4.78 is 5.25. The topological polar surface area (TPSA) is 63.1 Å². The van der Waals surface area contributed by atoms with E-state index in [4.69, 9.17) is 4.74 Å². The van der Waals surface area contributed by atoms with Crippen LogP contribution in [0.15, 0.2) is 36.4 Å². The SMILES string of the molecule is COc1ccc2cc(C[NH+](C)[C@H](C)C(=O)N3CCNC3=O)ccc2c1. The van der Waals surface area contributed by atoms with Crippen LogP contribution in [0, 0.1) is 0 Å². The van der Waals surface area contributed by atoms with Crippen LogP contribution in [-0.2, 0) is 11.3 Å². The maximum Gasteiger partial charge on any atom is 0.324 e. The lowest BCUT2D eigenvalue weighted by Gasteiger charge is -2.24. The molecular weight excluding hydrogens is 318 g/mol. The molecular formula is C19H24N3O3+. The highest BCUT2D eigenvalue weighted by molar-refractivity contribution is 5.97. The number of fused-ring (bicyclic) bond motifs is 1. The van der Waals surface area contributed by atoms with E-state index in [2.05, 4.69) is 23.5 Å². The molecule has 0 aliphatic carbocycles. The Morgan fingerprint density at radius 3 is 2.68 bits per heavy atom. The number of rotatable bonds is 5. The van der Waals surface area contributed by atoms with Gasteiger partial charge in [-0.05, 0) is 35.9 Å². The monoisotopic (exact) mass is 342 g/mol. The smallest absolute Gasteiger partial charge is 0.324 e. The summed E-state index contributed by atoms with van der Waals surface area (Å²) in [5, 5.41) is 4.94. The Morgan fingerprint density at radius 2 is 2.00 bits per heavy atom. The highest BCUT2D eigenvalue weighted by atomic mass is 16.5. The van der Waals surface area contributed by atoms with Gasteiger partial charge in [-0.1, -0.05) is 18.2 Å². The lowest BCUT2D eigenvalue weighted by atomic mass is 10.1. The lowest BCUT2D eigenvalue weighted by Crippen LogP contribution is -3.12. The minimum absolute atomic E-state index is 0.127. The molecule has 1 heterocycles. The molecule has 2 aromatic carbocycles. The molecule has 2 atom stereocenters. The molecule has 1 aliphatic rings. The van der Waals surface area contributed by atoms with Crippen LogP contribution in [0.2, 0.25) is 0 Å². The van der Waals surface area contributed by atoms with Crippen molar-refractivity contribution >= 4 is 22.7 Å². The van der Waals surface area contributed by atoms with E-state index in [1.165, 1.54) is 4.90 Å². The molecule has 1 fully saturated rings. The molecule has 2 N–H and O–H groups in total. The maximum atomic E-state index is 12.5. The van der Waals surface area contributed by atoms with Gasteiger partial charge in [0.15, 0.2) is 6.04 Å². The van der Waals surface area contributed by atoms with Gasteiger partial charge in [0.25, 0.3) is 5.91 Å². The largest absolute Gasteiger partial charge is 0.497 e. The van der Waals surface area contributed by atoms with E-state index >= 15 is 0 Å². The molecule has 3 amide bonds. The van der Waals surface area contributed by atoms with E-state index in [9.17, 15) is 9.59 Å². The molecule has 132 valence electrons. The Balaban J connectivity index is 1.71. The van der Waals surface area contributed by atoms with Gasteiger partial charge in [0.2, 0.25) is 0 Å². The van der Waals surface area contributed by atoms with Crippen molar-refractivity contribution in [1.82, 2.24) is 10.2 Å². The van der Waals surface area contributed by atoms with Crippen molar-refractivity contribution in [3.05, 3.63) is 42.0 Å². The zero-order valence-corrected chi connectivity index (χ0v) is 14.8. The average Bonchev–Trinajstić information content (AvgIpc) is 3.05. The molecule has 1 aliphatic heterocycles. The first-order chi connectivity index (χ1) is 12.0. The second-order valence-electron chi connectivity index (χ2n) is 6.51. The van der Waals surface area contributed by atoms with Crippen molar-refractivity contribution < 1.29 is 19.2 Å². The van der Waals surface area contributed by atoms with Crippen molar-refractivity contribution in [2.24, 2.45) is 0 Å². The number of imide groups is 1. The Bertz CT molecular complexity index is 806. The predicted molar refractivity (Wildman–Crippen MR) is 95.7 cm³/mol. The highest BCUT2D eigenvalue weighted by Crippen LogP contribution is 2.21. The molecule has 1 unspecified atom stereocenters. The summed E-state index contributed by atoms with van der Waals surface area (Å²) in [6, 6.07) is 11.7. The van der Waals surface area contributed by atoms with E-state index in [0.717, 1.165) is 27.0 Å². The molecule has 6 heteroatoms. The van der Waals surface area contributed by atoms with Gasteiger partial charge in [-0.3, -0.25) is 9.69 Å². The fourth-order valence-corrected chi connectivity index (χ4v) is 3.11. The van der Waals surface area contributed by atoms with Crippen LogP contribution in [0.5, 0.6) is 5.75 Å². The zero-order valence-electron chi connectivity index (χ0n) is 14.8. The second-order valence-corrected chi connectivity index (χ2v) is 6.51. The number of methoxy groups -OCH3 is 1. The third-order valence-corrected chi connectivity index (χ3v) is 4.83. The number of hydrogen-bond acceptors (Lipinski definition) is 3. The summed E-state index contributed by atoms with van der Waals surface area (Å²) in [5.41, 5.74) is 1.15. The first kappa shape index (κ1) is 17.2. The van der Waals surface area contributed by atoms with Gasteiger partial charge in [-0.15, -0.1) is 0 Å². The number of hydrogen-bond donors (Lipinski definition) is 2. The Kier molecular flexibility index (Phi) is 4.90. The molecule has 0 radical (unpaired) electrons. The van der Waals surface area contributed by atoms with Crippen molar-refractivity contribution in [2.45, 2.75) is 19.5 Å². The number of carbonyl (C=O) groups is 2. The number of nitrogens with one attached hydrogen (secondary N) is 2. The highest BCUT2D eigenvalue weighted by Gasteiger charge is 2.33. The molecule has 1 saturated heterocycles. The van der Waals surface area contributed by atoms with Crippen molar-refractivity contribution in [1.29, 1.82) is 0 Å². The van der Waals surface area contributed by atoms with Gasteiger partial charge in [-0.25, -0.2) is 4.79 Å². The van der Waals surface area contributed by atoms with Crippen molar-refractivity contribution in [3.63, 3.8) is 0 Å². The van der Waals surface area contributed by atoms with Crippen LogP contribution in [0.1, 0.15) is 12.5 Å². The fraction of sp³-hybridized carbons (Fsp3) is 0.368. The van der Waals surface area contributed by atoms with E-state index in [1.807, 2.05) is 32.2 Å². The van der Waals surface area contributed by atoms with Gasteiger partial charge < -0.3 is 15.0 Å². The third kappa shape index (κ3) is 3.58. The van der Waals surface area contributed by atoms with E-state index in [1.54, 1.807) is 7.11 Å². The number of likely N-dealkylation sites (N-methyl/N-ethyl adjacent to an activating group) is 1. The minimum Gasteiger partial charge on any atom is -0.497 e. The molecule has 0 spiro atoms. The molecule has 3 rings (SSSR count). The van der Waals surface area contributed by atoms with Crippen molar-refractivity contribution in [2.75, 3.05) is 27.2 Å². The van der Waals surface area contributed by atoms with Crippen molar-refractivity contribution in [3.8, 4) is 5.75 Å². The molecule has 25 heavy (non-hydrogen) atoms. The van der Waals surface area contributed by atoms with Gasteiger partial charge in [0.05, 0.1) is 14.2 Å². The molecule has 6 nitrogen and oxygen atoms in total. The number of quaternary nitrogens is 1. The Morgan fingerprint density at radius 1 is 1.28 bits per heavy atom. The zero-order chi connectivity index (χ0) is 18.0. The number of urea groups is 1. The van der Waals surface area contributed by atoms with Gasteiger partial charge >= 0.3 is 6.03 Å².